The van der Waals surface area contributed by atoms with E-state index >= 15 is 0 Å². The number of ether oxygens (including phenoxy) is 1. The fourth-order valence-corrected chi connectivity index (χ4v) is 1.40. The van der Waals surface area contributed by atoms with Gasteiger partial charge in [0.2, 0.25) is 11.7 Å². The molecule has 1 saturated carbocycles. The standard InChI is InChI=1S/C9H10ClN3O3/c10-6-3-7(13(14)15)8(11)12-9(6)16-4-5-1-2-5/h3,5H,1-2,4H2,(H2,11,12). The maximum atomic E-state index is 10.5. The zero-order chi connectivity index (χ0) is 11.7. The van der Waals surface area contributed by atoms with E-state index in [1.807, 2.05) is 0 Å². The normalized spacial score (nSPS) is 14.8. The Morgan fingerprint density at radius 3 is 2.94 bits per heavy atom. The first-order valence-corrected chi connectivity index (χ1v) is 5.19. The molecule has 6 nitrogen and oxygen atoms in total. The summed E-state index contributed by atoms with van der Waals surface area (Å²) in [4.78, 5) is 13.7. The number of rotatable bonds is 4. The van der Waals surface area contributed by atoms with Crippen LogP contribution in [0.1, 0.15) is 12.8 Å². The largest absolute Gasteiger partial charge is 0.476 e. The van der Waals surface area contributed by atoms with Crippen molar-refractivity contribution < 1.29 is 9.66 Å². The predicted octanol–water partition coefficient (Wildman–Crippen LogP) is 2.01. The molecule has 86 valence electrons. The van der Waals surface area contributed by atoms with Crippen molar-refractivity contribution in [3.05, 3.63) is 21.2 Å². The summed E-state index contributed by atoms with van der Waals surface area (Å²) in [6, 6.07) is 1.16. The van der Waals surface area contributed by atoms with E-state index in [0.29, 0.717) is 12.5 Å². The van der Waals surface area contributed by atoms with Gasteiger partial charge in [-0.25, -0.2) is 0 Å². The van der Waals surface area contributed by atoms with Gasteiger partial charge in [0.1, 0.15) is 5.02 Å². The highest BCUT2D eigenvalue weighted by atomic mass is 35.5. The van der Waals surface area contributed by atoms with Crippen LogP contribution in [0.15, 0.2) is 6.07 Å². The fourth-order valence-electron chi connectivity index (χ4n) is 1.20. The van der Waals surface area contributed by atoms with E-state index in [0.717, 1.165) is 18.9 Å². The first-order chi connectivity index (χ1) is 7.58. The van der Waals surface area contributed by atoms with Crippen LogP contribution in [0.4, 0.5) is 11.5 Å². The molecule has 2 rings (SSSR count). The quantitative estimate of drug-likeness (QED) is 0.645. The highest BCUT2D eigenvalue weighted by Crippen LogP contribution is 2.33. The molecule has 0 radical (unpaired) electrons. The van der Waals surface area contributed by atoms with Gasteiger partial charge in [0.25, 0.3) is 0 Å². The lowest BCUT2D eigenvalue weighted by Crippen LogP contribution is -2.05. The number of hydrogen-bond donors (Lipinski definition) is 1. The minimum absolute atomic E-state index is 0.113. The maximum absolute atomic E-state index is 10.5. The summed E-state index contributed by atoms with van der Waals surface area (Å²) < 4.78 is 5.33. The SMILES string of the molecule is Nc1nc(OCC2CC2)c(Cl)cc1[N+](=O)[O-]. The van der Waals surface area contributed by atoms with Crippen molar-refractivity contribution in [3.63, 3.8) is 0 Å². The second kappa shape index (κ2) is 4.13. The Kier molecular flexibility index (Phi) is 2.82. The van der Waals surface area contributed by atoms with Crippen molar-refractivity contribution in [1.82, 2.24) is 4.98 Å². The molecule has 1 fully saturated rings. The van der Waals surface area contributed by atoms with Crippen LogP contribution in [0.2, 0.25) is 5.02 Å². The Bertz CT molecular complexity index is 434. The Labute approximate surface area is 96.5 Å². The van der Waals surface area contributed by atoms with Crippen molar-refractivity contribution in [2.75, 3.05) is 12.3 Å². The molecule has 7 heteroatoms. The zero-order valence-electron chi connectivity index (χ0n) is 8.35. The molecular formula is C9H10ClN3O3. The molecule has 0 unspecified atom stereocenters. The van der Waals surface area contributed by atoms with E-state index < -0.39 is 4.92 Å². The van der Waals surface area contributed by atoms with Crippen LogP contribution in [0.25, 0.3) is 0 Å². The number of nitrogens with zero attached hydrogens (tertiary/aromatic N) is 2. The predicted molar refractivity (Wildman–Crippen MR) is 58.5 cm³/mol. The molecule has 1 heterocycles. The van der Waals surface area contributed by atoms with Gasteiger partial charge in [0.15, 0.2) is 0 Å². The summed E-state index contributed by atoms with van der Waals surface area (Å²) in [6.07, 6.45) is 2.28. The topological polar surface area (TPSA) is 91.3 Å². The van der Waals surface area contributed by atoms with Gasteiger partial charge in [0, 0.05) is 6.07 Å². The molecule has 0 atom stereocenters. The monoisotopic (exact) mass is 243 g/mol. The van der Waals surface area contributed by atoms with Crippen LogP contribution in [0.3, 0.4) is 0 Å². The smallest absolute Gasteiger partial charge is 0.312 e. The number of aromatic nitrogens is 1. The van der Waals surface area contributed by atoms with Crippen molar-refractivity contribution in [2.45, 2.75) is 12.8 Å². The lowest BCUT2D eigenvalue weighted by atomic mass is 10.4. The fraction of sp³-hybridized carbons (Fsp3) is 0.444. The summed E-state index contributed by atoms with van der Waals surface area (Å²) in [5, 5.41) is 10.7. The molecule has 0 aliphatic heterocycles. The Morgan fingerprint density at radius 2 is 2.38 bits per heavy atom. The van der Waals surface area contributed by atoms with Crippen LogP contribution in [-0.4, -0.2) is 16.5 Å². The van der Waals surface area contributed by atoms with Gasteiger partial charge in [-0.2, -0.15) is 4.98 Å². The highest BCUT2D eigenvalue weighted by Gasteiger charge is 2.24. The summed E-state index contributed by atoms with van der Waals surface area (Å²) in [6.45, 7) is 0.532. The number of nitrogens with two attached hydrogens (primary N) is 1. The van der Waals surface area contributed by atoms with Crippen molar-refractivity contribution >= 4 is 23.1 Å². The van der Waals surface area contributed by atoms with Crippen LogP contribution in [-0.2, 0) is 0 Å². The molecule has 0 saturated heterocycles. The molecule has 1 aliphatic carbocycles. The van der Waals surface area contributed by atoms with Gasteiger partial charge in [-0.15, -0.1) is 0 Å². The lowest BCUT2D eigenvalue weighted by Gasteiger charge is -2.06. The minimum Gasteiger partial charge on any atom is -0.476 e. The van der Waals surface area contributed by atoms with Gasteiger partial charge >= 0.3 is 5.69 Å². The van der Waals surface area contributed by atoms with Crippen molar-refractivity contribution in [3.8, 4) is 5.88 Å². The minimum atomic E-state index is -0.626. The number of pyridine rings is 1. The first-order valence-electron chi connectivity index (χ1n) is 4.81. The lowest BCUT2D eigenvalue weighted by molar-refractivity contribution is -0.384. The van der Waals surface area contributed by atoms with E-state index in [4.69, 9.17) is 22.1 Å². The van der Waals surface area contributed by atoms with E-state index in [-0.39, 0.29) is 22.4 Å². The Balaban J connectivity index is 2.18. The number of hydrogen-bond acceptors (Lipinski definition) is 5. The average molecular weight is 244 g/mol. The molecule has 1 aromatic rings. The van der Waals surface area contributed by atoms with E-state index in [2.05, 4.69) is 4.98 Å². The third kappa shape index (κ3) is 2.33. The van der Waals surface area contributed by atoms with Gasteiger partial charge < -0.3 is 10.5 Å². The Morgan fingerprint density at radius 1 is 1.69 bits per heavy atom. The molecule has 0 aromatic carbocycles. The van der Waals surface area contributed by atoms with Crippen molar-refractivity contribution in [2.24, 2.45) is 5.92 Å². The molecule has 0 spiro atoms. The first kappa shape index (κ1) is 10.9. The number of nitro groups is 1. The van der Waals surface area contributed by atoms with Gasteiger partial charge in [-0.05, 0) is 18.8 Å². The highest BCUT2D eigenvalue weighted by molar-refractivity contribution is 6.32. The molecule has 16 heavy (non-hydrogen) atoms. The van der Waals surface area contributed by atoms with Crippen LogP contribution >= 0.6 is 11.6 Å². The second-order valence-electron chi connectivity index (χ2n) is 3.69. The molecule has 2 N–H and O–H groups in total. The molecular weight excluding hydrogens is 234 g/mol. The van der Waals surface area contributed by atoms with Gasteiger partial charge in [-0.3, -0.25) is 10.1 Å². The van der Waals surface area contributed by atoms with Crippen LogP contribution in [0, 0.1) is 16.0 Å². The molecule has 1 aliphatic rings. The zero-order valence-corrected chi connectivity index (χ0v) is 9.11. The number of nitrogen functional groups attached to an aromatic ring is 1. The summed E-state index contributed by atoms with van der Waals surface area (Å²) in [5.74, 6) is 0.533. The maximum Gasteiger partial charge on any atom is 0.312 e. The third-order valence-corrected chi connectivity index (χ3v) is 2.57. The second-order valence-corrected chi connectivity index (χ2v) is 4.10. The molecule has 0 bridgehead atoms. The van der Waals surface area contributed by atoms with Crippen LogP contribution in [0.5, 0.6) is 5.88 Å². The summed E-state index contributed by atoms with van der Waals surface area (Å²) >= 11 is 5.80. The van der Waals surface area contributed by atoms with Crippen molar-refractivity contribution in [1.29, 1.82) is 0 Å². The number of anilines is 1. The third-order valence-electron chi connectivity index (χ3n) is 2.30. The molecule has 0 amide bonds. The summed E-state index contributed by atoms with van der Waals surface area (Å²) in [5.41, 5.74) is 5.12. The van der Waals surface area contributed by atoms with E-state index in [9.17, 15) is 10.1 Å². The van der Waals surface area contributed by atoms with Gasteiger partial charge in [0.05, 0.1) is 11.5 Å². The molecule has 1 aromatic heterocycles. The number of halogens is 1. The average Bonchev–Trinajstić information content (AvgIpc) is 3.02. The van der Waals surface area contributed by atoms with E-state index in [1.54, 1.807) is 0 Å². The van der Waals surface area contributed by atoms with E-state index in [1.165, 1.54) is 0 Å². The Hall–Kier alpha value is -1.56. The van der Waals surface area contributed by atoms with Crippen LogP contribution < -0.4 is 10.5 Å². The summed E-state index contributed by atoms with van der Waals surface area (Å²) in [7, 11) is 0. The van der Waals surface area contributed by atoms with Gasteiger partial charge in [-0.1, -0.05) is 11.6 Å².